The smallest absolute Gasteiger partial charge is 0.240 e. The second kappa shape index (κ2) is 9.62. The number of carbonyl (C=O) groups is 1. The molecule has 31 heavy (non-hydrogen) atoms. The van der Waals surface area contributed by atoms with Crippen LogP contribution in [-0.2, 0) is 21.4 Å². The number of benzene rings is 3. The fraction of sp³-hybridized carbons (Fsp3) is 0.320. The second-order valence-electron chi connectivity index (χ2n) is 8.28. The molecular weight excluding hydrogens is 408 g/mol. The lowest BCUT2D eigenvalue weighted by atomic mass is 9.81. The SMILES string of the molecule is O=C(NCc1ccccc1)C1CCC(CNS(=O)(=O)c2ccc3ccccc3c2)CC1. The van der Waals surface area contributed by atoms with Gasteiger partial charge < -0.3 is 5.32 Å². The van der Waals surface area contributed by atoms with Crippen molar-refractivity contribution in [2.75, 3.05) is 6.54 Å². The van der Waals surface area contributed by atoms with Crippen molar-refractivity contribution >= 4 is 26.7 Å². The molecule has 2 N–H and O–H groups in total. The number of hydrogen-bond donors (Lipinski definition) is 2. The molecule has 4 rings (SSSR count). The summed E-state index contributed by atoms with van der Waals surface area (Å²) < 4.78 is 28.2. The van der Waals surface area contributed by atoms with Crippen molar-refractivity contribution < 1.29 is 13.2 Å². The first kappa shape index (κ1) is 21.5. The van der Waals surface area contributed by atoms with Crippen LogP contribution < -0.4 is 10.0 Å². The Morgan fingerprint density at radius 3 is 2.26 bits per heavy atom. The van der Waals surface area contributed by atoms with Crippen molar-refractivity contribution in [3.63, 3.8) is 0 Å². The normalized spacial score (nSPS) is 19.2. The zero-order valence-corrected chi connectivity index (χ0v) is 18.3. The topological polar surface area (TPSA) is 75.3 Å². The average Bonchev–Trinajstić information content (AvgIpc) is 2.82. The van der Waals surface area contributed by atoms with E-state index in [0.29, 0.717) is 18.0 Å². The largest absolute Gasteiger partial charge is 0.352 e. The van der Waals surface area contributed by atoms with Crippen LogP contribution in [0.15, 0.2) is 77.7 Å². The van der Waals surface area contributed by atoms with Crippen LogP contribution in [0.2, 0.25) is 0 Å². The van der Waals surface area contributed by atoms with Gasteiger partial charge in [0.1, 0.15) is 0 Å². The van der Waals surface area contributed by atoms with Crippen molar-refractivity contribution in [1.82, 2.24) is 10.0 Å². The highest BCUT2D eigenvalue weighted by Crippen LogP contribution is 2.29. The lowest BCUT2D eigenvalue weighted by Crippen LogP contribution is -2.36. The van der Waals surface area contributed by atoms with Gasteiger partial charge in [-0.3, -0.25) is 4.79 Å². The molecule has 0 radical (unpaired) electrons. The van der Waals surface area contributed by atoms with Gasteiger partial charge in [-0.25, -0.2) is 13.1 Å². The van der Waals surface area contributed by atoms with Crippen LogP contribution in [-0.4, -0.2) is 20.9 Å². The monoisotopic (exact) mass is 436 g/mol. The van der Waals surface area contributed by atoms with E-state index >= 15 is 0 Å². The van der Waals surface area contributed by atoms with E-state index in [1.54, 1.807) is 12.1 Å². The molecule has 6 heteroatoms. The minimum Gasteiger partial charge on any atom is -0.352 e. The number of fused-ring (bicyclic) bond motifs is 1. The van der Waals surface area contributed by atoms with Gasteiger partial charge in [0.05, 0.1) is 4.90 Å². The first-order valence-corrected chi connectivity index (χ1v) is 12.3. The molecule has 0 spiro atoms. The summed E-state index contributed by atoms with van der Waals surface area (Å²) in [7, 11) is -3.55. The third kappa shape index (κ3) is 5.51. The van der Waals surface area contributed by atoms with Gasteiger partial charge in [0.25, 0.3) is 0 Å². The van der Waals surface area contributed by atoms with E-state index in [0.717, 1.165) is 42.0 Å². The molecule has 0 aliphatic heterocycles. The summed E-state index contributed by atoms with van der Waals surface area (Å²) in [6.45, 7) is 0.957. The van der Waals surface area contributed by atoms with Gasteiger partial charge in [-0.2, -0.15) is 0 Å². The molecule has 5 nitrogen and oxygen atoms in total. The van der Waals surface area contributed by atoms with E-state index in [-0.39, 0.29) is 17.7 Å². The molecule has 0 aromatic heterocycles. The summed E-state index contributed by atoms with van der Waals surface area (Å²) in [5.74, 6) is 0.365. The molecule has 1 saturated carbocycles. The number of hydrogen-bond acceptors (Lipinski definition) is 3. The third-order valence-corrected chi connectivity index (χ3v) is 7.54. The highest BCUT2D eigenvalue weighted by Gasteiger charge is 2.27. The maximum Gasteiger partial charge on any atom is 0.240 e. The van der Waals surface area contributed by atoms with E-state index < -0.39 is 10.0 Å². The highest BCUT2D eigenvalue weighted by molar-refractivity contribution is 7.89. The summed E-state index contributed by atoms with van der Waals surface area (Å²) >= 11 is 0. The summed E-state index contributed by atoms with van der Waals surface area (Å²) in [5.41, 5.74) is 1.09. The summed E-state index contributed by atoms with van der Waals surface area (Å²) in [6.07, 6.45) is 3.29. The maximum absolute atomic E-state index is 12.7. The van der Waals surface area contributed by atoms with Gasteiger partial charge in [-0.05, 0) is 60.1 Å². The maximum atomic E-state index is 12.7. The number of rotatable bonds is 7. The van der Waals surface area contributed by atoms with Gasteiger partial charge in [-0.1, -0.05) is 60.7 Å². The van der Waals surface area contributed by atoms with Gasteiger partial charge >= 0.3 is 0 Å². The Morgan fingerprint density at radius 1 is 0.839 bits per heavy atom. The van der Waals surface area contributed by atoms with Gasteiger partial charge in [-0.15, -0.1) is 0 Å². The van der Waals surface area contributed by atoms with Crippen molar-refractivity contribution in [2.45, 2.75) is 37.1 Å². The molecule has 3 aromatic rings. The lowest BCUT2D eigenvalue weighted by molar-refractivity contribution is -0.126. The van der Waals surface area contributed by atoms with Crippen LogP contribution in [0.3, 0.4) is 0 Å². The van der Waals surface area contributed by atoms with Crippen LogP contribution in [0, 0.1) is 11.8 Å². The van der Waals surface area contributed by atoms with Crippen LogP contribution in [0.1, 0.15) is 31.2 Å². The van der Waals surface area contributed by atoms with Gasteiger partial charge in [0, 0.05) is 19.0 Å². The molecule has 0 atom stereocenters. The molecule has 1 aliphatic rings. The van der Waals surface area contributed by atoms with E-state index in [1.165, 1.54) is 0 Å². The Kier molecular flexibility index (Phi) is 6.68. The summed E-state index contributed by atoms with van der Waals surface area (Å²) in [6, 6.07) is 22.8. The van der Waals surface area contributed by atoms with E-state index in [4.69, 9.17) is 0 Å². The Morgan fingerprint density at radius 2 is 1.52 bits per heavy atom. The zero-order chi connectivity index (χ0) is 21.7. The van der Waals surface area contributed by atoms with E-state index in [1.807, 2.05) is 60.7 Å². The number of nitrogens with one attached hydrogen (secondary N) is 2. The van der Waals surface area contributed by atoms with E-state index in [9.17, 15) is 13.2 Å². The van der Waals surface area contributed by atoms with Crippen molar-refractivity contribution in [3.05, 3.63) is 78.4 Å². The quantitative estimate of drug-likeness (QED) is 0.582. The van der Waals surface area contributed by atoms with Crippen molar-refractivity contribution in [1.29, 1.82) is 0 Å². The summed E-state index contributed by atoms with van der Waals surface area (Å²) in [5, 5.41) is 4.95. The fourth-order valence-corrected chi connectivity index (χ4v) is 5.35. The standard InChI is InChI=1S/C25H28N2O3S/c28-25(26-17-19-6-2-1-3-7-19)22-12-10-20(11-13-22)18-27-31(29,30)24-15-14-21-8-4-5-9-23(21)16-24/h1-9,14-16,20,22,27H,10-13,17-18H2,(H,26,28). The predicted octanol–water partition coefficient (Wildman–Crippen LogP) is 4.24. The Balaban J connectivity index is 1.26. The zero-order valence-electron chi connectivity index (χ0n) is 17.5. The number of amides is 1. The molecule has 1 fully saturated rings. The third-order valence-electron chi connectivity index (χ3n) is 6.12. The highest BCUT2D eigenvalue weighted by atomic mass is 32.2. The number of sulfonamides is 1. The molecule has 0 unspecified atom stereocenters. The Labute approximate surface area is 183 Å². The molecule has 1 aliphatic carbocycles. The molecular formula is C25H28N2O3S. The van der Waals surface area contributed by atoms with Crippen LogP contribution in [0.4, 0.5) is 0 Å². The van der Waals surface area contributed by atoms with E-state index in [2.05, 4.69) is 10.0 Å². The molecule has 3 aromatic carbocycles. The predicted molar refractivity (Wildman–Crippen MR) is 123 cm³/mol. The average molecular weight is 437 g/mol. The minimum absolute atomic E-state index is 0.0112. The van der Waals surface area contributed by atoms with Crippen LogP contribution in [0.5, 0.6) is 0 Å². The lowest BCUT2D eigenvalue weighted by Gasteiger charge is -2.28. The molecule has 0 saturated heterocycles. The molecule has 1 amide bonds. The molecule has 0 heterocycles. The van der Waals surface area contributed by atoms with Gasteiger partial charge in [0.15, 0.2) is 0 Å². The second-order valence-corrected chi connectivity index (χ2v) is 10.0. The molecule has 0 bridgehead atoms. The fourth-order valence-electron chi connectivity index (χ4n) is 4.20. The first-order chi connectivity index (χ1) is 15.0. The molecule has 162 valence electrons. The van der Waals surface area contributed by atoms with Crippen molar-refractivity contribution in [2.24, 2.45) is 11.8 Å². The Bertz CT molecular complexity index is 1140. The Hall–Kier alpha value is -2.70. The van der Waals surface area contributed by atoms with Crippen molar-refractivity contribution in [3.8, 4) is 0 Å². The van der Waals surface area contributed by atoms with Gasteiger partial charge in [0.2, 0.25) is 15.9 Å². The number of carbonyl (C=O) groups excluding carboxylic acids is 1. The van der Waals surface area contributed by atoms with Crippen LogP contribution in [0.25, 0.3) is 10.8 Å². The van der Waals surface area contributed by atoms with Crippen LogP contribution >= 0.6 is 0 Å². The first-order valence-electron chi connectivity index (χ1n) is 10.8. The minimum atomic E-state index is -3.55. The summed E-state index contributed by atoms with van der Waals surface area (Å²) in [4.78, 5) is 12.8.